The lowest BCUT2D eigenvalue weighted by Gasteiger charge is -2.34. The zero-order valence-corrected chi connectivity index (χ0v) is 13.6. The van der Waals surface area contributed by atoms with Gasteiger partial charge in [-0.2, -0.15) is 0 Å². The number of benzene rings is 1. The van der Waals surface area contributed by atoms with Gasteiger partial charge in [0.05, 0.1) is 12.8 Å². The van der Waals surface area contributed by atoms with Gasteiger partial charge in [0.1, 0.15) is 5.75 Å². The number of piperidine rings is 1. The second-order valence-electron chi connectivity index (χ2n) is 5.71. The summed E-state index contributed by atoms with van der Waals surface area (Å²) in [5.41, 5.74) is 1.14. The first kappa shape index (κ1) is 16.6. The van der Waals surface area contributed by atoms with Crippen molar-refractivity contribution in [3.05, 3.63) is 24.3 Å². The number of nitrogens with one attached hydrogen (secondary N) is 2. The Labute approximate surface area is 133 Å². The number of para-hydroxylation sites is 2. The van der Waals surface area contributed by atoms with Gasteiger partial charge in [-0.05, 0) is 45.0 Å². The Kier molecular flexibility index (Phi) is 6.52. The molecular formula is C17H27N3O2. The predicted octanol–water partition coefficient (Wildman–Crippen LogP) is 1.78. The molecule has 1 amide bonds. The lowest BCUT2D eigenvalue weighted by atomic mass is 10.0. The average Bonchev–Trinajstić information content (AvgIpc) is 2.56. The number of carbonyl (C=O) groups is 1. The van der Waals surface area contributed by atoms with Crippen molar-refractivity contribution in [2.75, 3.05) is 38.7 Å². The monoisotopic (exact) mass is 305 g/mol. The first-order valence-electron chi connectivity index (χ1n) is 8.06. The van der Waals surface area contributed by atoms with Crippen LogP contribution >= 0.6 is 0 Å². The fraction of sp³-hybridized carbons (Fsp3) is 0.588. The van der Waals surface area contributed by atoms with E-state index >= 15 is 0 Å². The molecule has 1 fully saturated rings. The maximum Gasteiger partial charge on any atom is 0.220 e. The van der Waals surface area contributed by atoms with Gasteiger partial charge in [-0.1, -0.05) is 12.1 Å². The van der Waals surface area contributed by atoms with E-state index in [4.69, 9.17) is 4.74 Å². The molecule has 1 aromatic carbocycles. The van der Waals surface area contributed by atoms with E-state index in [-0.39, 0.29) is 5.91 Å². The van der Waals surface area contributed by atoms with E-state index in [0.29, 0.717) is 12.5 Å². The van der Waals surface area contributed by atoms with Crippen molar-refractivity contribution < 1.29 is 9.53 Å². The van der Waals surface area contributed by atoms with Crippen molar-refractivity contribution in [1.82, 2.24) is 10.6 Å². The lowest BCUT2D eigenvalue weighted by molar-refractivity contribution is -0.122. The molecule has 0 spiro atoms. The summed E-state index contributed by atoms with van der Waals surface area (Å²) < 4.78 is 5.43. The Morgan fingerprint density at radius 1 is 1.32 bits per heavy atom. The molecule has 5 heteroatoms. The topological polar surface area (TPSA) is 53.6 Å². The van der Waals surface area contributed by atoms with Crippen LogP contribution in [0.25, 0.3) is 0 Å². The zero-order valence-electron chi connectivity index (χ0n) is 13.6. The molecular weight excluding hydrogens is 278 g/mol. The van der Waals surface area contributed by atoms with Crippen LogP contribution in [-0.4, -0.2) is 45.7 Å². The van der Waals surface area contributed by atoms with Crippen molar-refractivity contribution in [1.29, 1.82) is 0 Å². The Hall–Kier alpha value is -1.75. The fourth-order valence-electron chi connectivity index (χ4n) is 2.88. The van der Waals surface area contributed by atoms with Crippen LogP contribution in [0.15, 0.2) is 24.3 Å². The highest BCUT2D eigenvalue weighted by molar-refractivity contribution is 5.76. The van der Waals surface area contributed by atoms with Gasteiger partial charge in [0, 0.05) is 25.6 Å². The number of anilines is 1. The molecule has 22 heavy (non-hydrogen) atoms. The molecule has 122 valence electrons. The number of hydrogen-bond acceptors (Lipinski definition) is 4. The Morgan fingerprint density at radius 3 is 2.73 bits per heavy atom. The predicted molar refractivity (Wildman–Crippen MR) is 89.5 cm³/mol. The number of methoxy groups -OCH3 is 1. The summed E-state index contributed by atoms with van der Waals surface area (Å²) >= 11 is 0. The standard InChI is InChI=1S/C17H27N3O2/c1-18-11-5-8-17(21)19-14-9-12-20(13-10-14)15-6-3-4-7-16(15)22-2/h3-4,6-7,14,18H,5,8-13H2,1-2H3,(H,19,21). The van der Waals surface area contributed by atoms with Crippen LogP contribution in [0.5, 0.6) is 5.75 Å². The third kappa shape index (κ3) is 4.63. The summed E-state index contributed by atoms with van der Waals surface area (Å²) in [6, 6.07) is 8.40. The van der Waals surface area contributed by atoms with E-state index in [1.165, 1.54) is 0 Å². The number of nitrogens with zero attached hydrogens (tertiary/aromatic N) is 1. The van der Waals surface area contributed by atoms with Gasteiger partial charge < -0.3 is 20.3 Å². The van der Waals surface area contributed by atoms with Gasteiger partial charge in [0.2, 0.25) is 5.91 Å². The molecule has 1 saturated heterocycles. The normalized spacial score (nSPS) is 15.6. The number of ether oxygens (including phenoxy) is 1. The molecule has 0 aromatic heterocycles. The molecule has 0 aliphatic carbocycles. The van der Waals surface area contributed by atoms with Crippen LogP contribution in [-0.2, 0) is 4.79 Å². The highest BCUT2D eigenvalue weighted by atomic mass is 16.5. The molecule has 0 unspecified atom stereocenters. The highest BCUT2D eigenvalue weighted by Gasteiger charge is 2.22. The minimum Gasteiger partial charge on any atom is -0.495 e. The molecule has 2 N–H and O–H groups in total. The van der Waals surface area contributed by atoms with Crippen molar-refractivity contribution in [3.63, 3.8) is 0 Å². The van der Waals surface area contributed by atoms with Crippen molar-refractivity contribution in [2.24, 2.45) is 0 Å². The van der Waals surface area contributed by atoms with E-state index in [0.717, 1.165) is 50.3 Å². The summed E-state index contributed by atoms with van der Waals surface area (Å²) in [6.45, 7) is 2.78. The average molecular weight is 305 g/mol. The molecule has 1 aliphatic rings. The summed E-state index contributed by atoms with van der Waals surface area (Å²) in [4.78, 5) is 14.2. The van der Waals surface area contributed by atoms with E-state index < -0.39 is 0 Å². The zero-order chi connectivity index (χ0) is 15.8. The molecule has 5 nitrogen and oxygen atoms in total. The van der Waals surface area contributed by atoms with Gasteiger partial charge in [0.15, 0.2) is 0 Å². The maximum absolute atomic E-state index is 11.9. The van der Waals surface area contributed by atoms with Crippen molar-refractivity contribution in [3.8, 4) is 5.75 Å². The summed E-state index contributed by atoms with van der Waals surface area (Å²) in [5.74, 6) is 1.09. The SMILES string of the molecule is CNCCCC(=O)NC1CCN(c2ccccc2OC)CC1. The van der Waals surface area contributed by atoms with Gasteiger partial charge in [0.25, 0.3) is 0 Å². The molecule has 0 bridgehead atoms. The van der Waals surface area contributed by atoms with Crippen LogP contribution in [0, 0.1) is 0 Å². The number of hydrogen-bond donors (Lipinski definition) is 2. The van der Waals surface area contributed by atoms with Crippen LogP contribution in [0.1, 0.15) is 25.7 Å². The van der Waals surface area contributed by atoms with Crippen LogP contribution in [0.2, 0.25) is 0 Å². The fourth-order valence-corrected chi connectivity index (χ4v) is 2.88. The number of rotatable bonds is 7. The minimum absolute atomic E-state index is 0.172. The number of carbonyl (C=O) groups excluding carboxylic acids is 1. The van der Waals surface area contributed by atoms with Gasteiger partial charge in [-0.15, -0.1) is 0 Å². The highest BCUT2D eigenvalue weighted by Crippen LogP contribution is 2.29. The molecule has 0 radical (unpaired) electrons. The lowest BCUT2D eigenvalue weighted by Crippen LogP contribution is -2.44. The summed E-state index contributed by atoms with van der Waals surface area (Å²) in [5, 5.41) is 6.22. The Bertz CT molecular complexity index is 471. The van der Waals surface area contributed by atoms with E-state index in [2.05, 4.69) is 21.6 Å². The minimum atomic E-state index is 0.172. The van der Waals surface area contributed by atoms with Crippen LogP contribution < -0.4 is 20.3 Å². The Morgan fingerprint density at radius 2 is 2.05 bits per heavy atom. The summed E-state index contributed by atoms with van der Waals surface area (Å²) in [7, 11) is 3.61. The van der Waals surface area contributed by atoms with Crippen LogP contribution in [0.4, 0.5) is 5.69 Å². The van der Waals surface area contributed by atoms with Crippen molar-refractivity contribution >= 4 is 11.6 Å². The largest absolute Gasteiger partial charge is 0.495 e. The van der Waals surface area contributed by atoms with E-state index in [9.17, 15) is 4.79 Å². The van der Waals surface area contributed by atoms with Crippen molar-refractivity contribution in [2.45, 2.75) is 31.7 Å². The molecule has 1 aliphatic heterocycles. The number of amides is 1. The first-order chi connectivity index (χ1) is 10.7. The van der Waals surface area contributed by atoms with Crippen LogP contribution in [0.3, 0.4) is 0 Å². The maximum atomic E-state index is 11.9. The molecule has 0 atom stereocenters. The summed E-state index contributed by atoms with van der Waals surface area (Å²) in [6.07, 6.45) is 3.46. The quantitative estimate of drug-likeness (QED) is 0.754. The molecule has 0 saturated carbocycles. The van der Waals surface area contributed by atoms with E-state index in [1.54, 1.807) is 7.11 Å². The van der Waals surface area contributed by atoms with Gasteiger partial charge in [-0.25, -0.2) is 0 Å². The molecule has 1 heterocycles. The van der Waals surface area contributed by atoms with Gasteiger partial charge >= 0.3 is 0 Å². The third-order valence-corrected chi connectivity index (χ3v) is 4.12. The van der Waals surface area contributed by atoms with Gasteiger partial charge in [-0.3, -0.25) is 4.79 Å². The second kappa shape index (κ2) is 8.63. The smallest absolute Gasteiger partial charge is 0.220 e. The van der Waals surface area contributed by atoms with E-state index in [1.807, 2.05) is 25.2 Å². The molecule has 2 rings (SSSR count). The first-order valence-corrected chi connectivity index (χ1v) is 8.06. The Balaban J connectivity index is 1.79. The second-order valence-corrected chi connectivity index (χ2v) is 5.71. The molecule has 1 aromatic rings. The third-order valence-electron chi connectivity index (χ3n) is 4.12.